The van der Waals surface area contributed by atoms with E-state index < -0.39 is 15.9 Å². The summed E-state index contributed by atoms with van der Waals surface area (Å²) >= 11 is 12.2. The van der Waals surface area contributed by atoms with Gasteiger partial charge in [-0.3, -0.25) is 14.4 Å². The number of carbonyl (C=O) groups excluding carboxylic acids is 1. The smallest absolute Gasteiger partial charge is 0.261 e. The molecule has 6 nitrogen and oxygen atoms in total. The molecule has 2 aromatic carbocycles. The van der Waals surface area contributed by atoms with Crippen molar-refractivity contribution in [3.63, 3.8) is 0 Å². The first-order valence-corrected chi connectivity index (χ1v) is 11.9. The first-order valence-electron chi connectivity index (χ1n) is 9.67. The van der Waals surface area contributed by atoms with Crippen LogP contribution in [-0.2, 0) is 10.0 Å². The highest BCUT2D eigenvalue weighted by Gasteiger charge is 2.29. The number of aryl methyl sites for hydroxylation is 1. The molecule has 0 bridgehead atoms. The summed E-state index contributed by atoms with van der Waals surface area (Å²) in [5.41, 5.74) is 1.29. The van der Waals surface area contributed by atoms with E-state index in [1.165, 1.54) is 37.1 Å². The van der Waals surface area contributed by atoms with Crippen molar-refractivity contribution in [2.24, 2.45) is 0 Å². The minimum Gasteiger partial charge on any atom is -0.350 e. The van der Waals surface area contributed by atoms with Crippen molar-refractivity contribution < 1.29 is 13.2 Å². The Balaban J connectivity index is 1.74. The first kappa shape index (κ1) is 22.9. The van der Waals surface area contributed by atoms with Crippen molar-refractivity contribution in [1.29, 1.82) is 0 Å². The summed E-state index contributed by atoms with van der Waals surface area (Å²) in [5.74, 6) is -0.411. The highest BCUT2D eigenvalue weighted by molar-refractivity contribution is 7.92. The molecular formula is C21H25Cl2N3O3S. The third-order valence-electron chi connectivity index (χ3n) is 5.29. The van der Waals surface area contributed by atoms with Crippen LogP contribution in [-0.4, -0.2) is 44.9 Å². The van der Waals surface area contributed by atoms with Crippen LogP contribution in [0.15, 0.2) is 41.3 Å². The van der Waals surface area contributed by atoms with Crippen LogP contribution in [0.25, 0.3) is 0 Å². The fourth-order valence-corrected chi connectivity index (χ4v) is 4.50. The molecule has 1 aliphatic rings. The molecule has 0 heterocycles. The van der Waals surface area contributed by atoms with Gasteiger partial charge < -0.3 is 5.32 Å². The molecule has 1 unspecified atom stereocenters. The molecule has 1 atom stereocenters. The average Bonchev–Trinajstić information content (AvgIpc) is 3.53. The molecule has 0 aromatic heterocycles. The van der Waals surface area contributed by atoms with E-state index in [0.29, 0.717) is 23.3 Å². The van der Waals surface area contributed by atoms with E-state index in [4.69, 9.17) is 23.2 Å². The highest BCUT2D eigenvalue weighted by atomic mass is 35.5. The molecule has 2 N–H and O–H groups in total. The normalized spacial score (nSPS) is 15.1. The van der Waals surface area contributed by atoms with Gasteiger partial charge in [0.2, 0.25) is 0 Å². The second kappa shape index (κ2) is 9.14. The number of halogens is 2. The Kier molecular flexibility index (Phi) is 6.97. The van der Waals surface area contributed by atoms with Gasteiger partial charge in [0.1, 0.15) is 0 Å². The first-order chi connectivity index (χ1) is 14.1. The van der Waals surface area contributed by atoms with Gasteiger partial charge in [-0.15, -0.1) is 0 Å². The second-order valence-electron chi connectivity index (χ2n) is 7.67. The molecule has 30 heavy (non-hydrogen) atoms. The SMILES string of the molecule is Cc1ccc(NS(=O)(=O)c2ccc(Cl)c(C(=O)NCC(C)N(C)C3CC3)c2)cc1Cl. The average molecular weight is 470 g/mol. The molecule has 0 radical (unpaired) electrons. The Bertz CT molecular complexity index is 1060. The van der Waals surface area contributed by atoms with Crippen LogP contribution in [0.2, 0.25) is 10.0 Å². The predicted molar refractivity (Wildman–Crippen MR) is 121 cm³/mol. The van der Waals surface area contributed by atoms with E-state index in [2.05, 4.69) is 14.9 Å². The fourth-order valence-electron chi connectivity index (χ4n) is 3.04. The van der Waals surface area contributed by atoms with Crippen molar-refractivity contribution in [2.45, 2.75) is 43.7 Å². The van der Waals surface area contributed by atoms with Gasteiger partial charge in [-0.1, -0.05) is 29.3 Å². The monoisotopic (exact) mass is 469 g/mol. The number of nitrogens with one attached hydrogen (secondary N) is 2. The Labute approximate surface area is 187 Å². The summed E-state index contributed by atoms with van der Waals surface area (Å²) in [6, 6.07) is 9.69. The van der Waals surface area contributed by atoms with Crippen molar-refractivity contribution in [2.75, 3.05) is 18.3 Å². The maximum Gasteiger partial charge on any atom is 0.261 e. The third-order valence-corrected chi connectivity index (χ3v) is 7.41. The van der Waals surface area contributed by atoms with E-state index in [0.717, 1.165) is 5.56 Å². The molecule has 3 rings (SSSR count). The molecule has 9 heteroatoms. The number of sulfonamides is 1. The van der Waals surface area contributed by atoms with Crippen molar-refractivity contribution in [1.82, 2.24) is 10.2 Å². The molecule has 1 saturated carbocycles. The van der Waals surface area contributed by atoms with Crippen LogP contribution in [0.3, 0.4) is 0 Å². The lowest BCUT2D eigenvalue weighted by Gasteiger charge is -2.24. The van der Waals surface area contributed by atoms with E-state index >= 15 is 0 Å². The molecule has 1 fully saturated rings. The Morgan fingerprint density at radius 3 is 2.50 bits per heavy atom. The molecule has 1 aliphatic carbocycles. The maximum absolute atomic E-state index is 12.8. The largest absolute Gasteiger partial charge is 0.350 e. The topological polar surface area (TPSA) is 78.5 Å². The minimum absolute atomic E-state index is 0.0584. The number of amides is 1. The van der Waals surface area contributed by atoms with Gasteiger partial charge in [-0.2, -0.15) is 0 Å². The van der Waals surface area contributed by atoms with Crippen LogP contribution in [0.5, 0.6) is 0 Å². The second-order valence-corrected chi connectivity index (χ2v) is 10.2. The summed E-state index contributed by atoms with van der Waals surface area (Å²) in [5, 5.41) is 3.49. The third kappa shape index (κ3) is 5.46. The lowest BCUT2D eigenvalue weighted by molar-refractivity contribution is 0.0939. The summed E-state index contributed by atoms with van der Waals surface area (Å²) < 4.78 is 28.1. The molecule has 162 valence electrons. The van der Waals surface area contributed by atoms with Crippen LogP contribution in [0.4, 0.5) is 5.69 Å². The molecule has 0 aliphatic heterocycles. The van der Waals surface area contributed by atoms with Crippen LogP contribution < -0.4 is 10.0 Å². The number of likely N-dealkylation sites (N-methyl/N-ethyl adjacent to an activating group) is 1. The number of hydrogen-bond acceptors (Lipinski definition) is 4. The van der Waals surface area contributed by atoms with E-state index in [1.54, 1.807) is 12.1 Å². The Morgan fingerprint density at radius 1 is 1.17 bits per heavy atom. The molecular weight excluding hydrogens is 445 g/mol. The Morgan fingerprint density at radius 2 is 1.87 bits per heavy atom. The highest BCUT2D eigenvalue weighted by Crippen LogP contribution is 2.27. The van der Waals surface area contributed by atoms with Gasteiger partial charge in [-0.05, 0) is 69.6 Å². The van der Waals surface area contributed by atoms with E-state index in [1.807, 2.05) is 20.9 Å². The van der Waals surface area contributed by atoms with Crippen molar-refractivity contribution in [3.8, 4) is 0 Å². The number of benzene rings is 2. The van der Waals surface area contributed by atoms with Crippen molar-refractivity contribution in [3.05, 3.63) is 57.6 Å². The summed E-state index contributed by atoms with van der Waals surface area (Å²) in [6.07, 6.45) is 2.36. The van der Waals surface area contributed by atoms with Gasteiger partial charge in [0, 0.05) is 23.7 Å². The molecule has 2 aromatic rings. The zero-order valence-electron chi connectivity index (χ0n) is 17.1. The Hall–Kier alpha value is -1.80. The lowest BCUT2D eigenvalue weighted by Crippen LogP contribution is -2.41. The van der Waals surface area contributed by atoms with Gasteiger partial charge >= 0.3 is 0 Å². The quantitative estimate of drug-likeness (QED) is 0.603. The molecule has 0 saturated heterocycles. The number of carbonyl (C=O) groups is 1. The summed E-state index contributed by atoms with van der Waals surface area (Å²) in [7, 11) is -1.88. The molecule has 1 amide bonds. The zero-order chi connectivity index (χ0) is 22.1. The number of hydrogen-bond donors (Lipinski definition) is 2. The minimum atomic E-state index is -3.92. The van der Waals surface area contributed by atoms with Crippen LogP contribution >= 0.6 is 23.2 Å². The van der Waals surface area contributed by atoms with E-state index in [9.17, 15) is 13.2 Å². The summed E-state index contributed by atoms with van der Waals surface area (Å²) in [6.45, 7) is 4.31. The number of rotatable bonds is 8. The standard InChI is InChI=1S/C21H25Cl2N3O3S/c1-13-4-5-15(10-20(13)23)25-30(28,29)17-8-9-19(22)18(11-17)21(27)24-12-14(2)26(3)16-6-7-16/h4-5,8-11,14,16,25H,6-7,12H2,1-3H3,(H,24,27). The summed E-state index contributed by atoms with van der Waals surface area (Å²) in [4.78, 5) is 14.8. The van der Waals surface area contributed by atoms with Gasteiger partial charge in [0.25, 0.3) is 15.9 Å². The lowest BCUT2D eigenvalue weighted by atomic mass is 10.2. The number of anilines is 1. The fraction of sp³-hybridized carbons (Fsp3) is 0.381. The van der Waals surface area contributed by atoms with E-state index in [-0.39, 0.29) is 21.5 Å². The maximum atomic E-state index is 12.8. The van der Waals surface area contributed by atoms with Gasteiger partial charge in [0.15, 0.2) is 0 Å². The molecule has 0 spiro atoms. The van der Waals surface area contributed by atoms with Crippen molar-refractivity contribution >= 4 is 44.8 Å². The van der Waals surface area contributed by atoms with Gasteiger partial charge in [0.05, 0.1) is 21.2 Å². The van der Waals surface area contributed by atoms with Crippen LogP contribution in [0.1, 0.15) is 35.7 Å². The predicted octanol–water partition coefficient (Wildman–Crippen LogP) is 4.32. The zero-order valence-corrected chi connectivity index (χ0v) is 19.4. The number of nitrogens with zero attached hydrogens (tertiary/aromatic N) is 1. The van der Waals surface area contributed by atoms with Crippen LogP contribution in [0, 0.1) is 6.92 Å². The van der Waals surface area contributed by atoms with Gasteiger partial charge in [-0.25, -0.2) is 8.42 Å².